The largest absolute Gasteiger partial charge is 0.331 e. The summed E-state index contributed by atoms with van der Waals surface area (Å²) in [5, 5.41) is 0. The molecule has 0 saturated carbocycles. The smallest absolute Gasteiger partial charge is 0.257 e. The first-order chi connectivity index (χ1) is 12.7. The molecule has 5 nitrogen and oxygen atoms in total. The molecule has 0 aliphatic heterocycles. The molecule has 0 aliphatic carbocycles. The molecule has 3 rings (SSSR count). The molecule has 0 bridgehead atoms. The van der Waals surface area contributed by atoms with E-state index in [0.717, 1.165) is 36.4 Å². The van der Waals surface area contributed by atoms with Gasteiger partial charge in [0.05, 0.1) is 12.1 Å². The third-order valence-corrected chi connectivity index (χ3v) is 4.25. The quantitative estimate of drug-likeness (QED) is 0.644. The van der Waals surface area contributed by atoms with Gasteiger partial charge in [0.1, 0.15) is 17.2 Å². The van der Waals surface area contributed by atoms with Gasteiger partial charge in [-0.15, -0.1) is 0 Å². The highest BCUT2D eigenvalue weighted by Gasteiger charge is 2.21. The van der Waals surface area contributed by atoms with Crippen LogP contribution in [0.25, 0.3) is 11.2 Å². The van der Waals surface area contributed by atoms with E-state index in [-0.39, 0.29) is 11.5 Å². The van der Waals surface area contributed by atoms with E-state index >= 15 is 0 Å². The Balaban J connectivity index is 1.95. The minimum atomic E-state index is -0.498. The van der Waals surface area contributed by atoms with E-state index in [9.17, 15) is 9.18 Å². The monoisotopic (exact) mass is 354 g/mol. The fourth-order valence-electron chi connectivity index (χ4n) is 3.08. The van der Waals surface area contributed by atoms with Gasteiger partial charge in [0.25, 0.3) is 5.91 Å². The van der Waals surface area contributed by atoms with Crippen LogP contribution >= 0.6 is 0 Å². The van der Waals surface area contributed by atoms with Crippen molar-refractivity contribution in [1.82, 2.24) is 19.4 Å². The van der Waals surface area contributed by atoms with Crippen molar-refractivity contribution >= 4 is 17.1 Å². The van der Waals surface area contributed by atoms with Crippen LogP contribution in [-0.2, 0) is 13.1 Å². The average molecular weight is 354 g/mol. The number of rotatable bonds is 7. The van der Waals surface area contributed by atoms with Crippen molar-refractivity contribution in [2.24, 2.45) is 0 Å². The van der Waals surface area contributed by atoms with E-state index in [1.54, 1.807) is 23.2 Å². The average Bonchev–Trinajstić information content (AvgIpc) is 2.99. The summed E-state index contributed by atoms with van der Waals surface area (Å²) < 4.78 is 16.1. The minimum absolute atomic E-state index is 0.0947. The normalized spacial score (nSPS) is 11.0. The van der Waals surface area contributed by atoms with Crippen molar-refractivity contribution in [1.29, 1.82) is 0 Å². The minimum Gasteiger partial charge on any atom is -0.331 e. The van der Waals surface area contributed by atoms with Crippen LogP contribution in [0.2, 0.25) is 0 Å². The van der Waals surface area contributed by atoms with Gasteiger partial charge < -0.3 is 9.47 Å². The number of amides is 1. The summed E-state index contributed by atoms with van der Waals surface area (Å²) >= 11 is 0. The van der Waals surface area contributed by atoms with Crippen LogP contribution in [0.3, 0.4) is 0 Å². The van der Waals surface area contributed by atoms with E-state index in [1.807, 2.05) is 23.6 Å². The van der Waals surface area contributed by atoms with E-state index < -0.39 is 5.82 Å². The van der Waals surface area contributed by atoms with Crippen LogP contribution in [0.15, 0.2) is 42.6 Å². The third kappa shape index (κ3) is 3.59. The molecular formula is C20H23FN4O. The van der Waals surface area contributed by atoms with Crippen LogP contribution in [0.1, 0.15) is 42.9 Å². The first kappa shape index (κ1) is 18.0. The lowest BCUT2D eigenvalue weighted by molar-refractivity contribution is 0.0732. The Hall–Kier alpha value is -2.76. The van der Waals surface area contributed by atoms with Crippen LogP contribution in [0.5, 0.6) is 0 Å². The molecule has 0 fully saturated rings. The number of hydrogen-bond donors (Lipinski definition) is 0. The number of halogens is 1. The fourth-order valence-corrected chi connectivity index (χ4v) is 3.08. The van der Waals surface area contributed by atoms with Crippen LogP contribution in [0.4, 0.5) is 4.39 Å². The van der Waals surface area contributed by atoms with Crippen molar-refractivity contribution in [2.45, 2.75) is 39.8 Å². The molecule has 2 aromatic heterocycles. The summed E-state index contributed by atoms with van der Waals surface area (Å²) in [4.78, 5) is 23.6. The molecule has 0 radical (unpaired) electrons. The SMILES string of the molecule is CCCN(Cc1nc2cccnc2n1CCC)C(=O)c1ccccc1F. The van der Waals surface area contributed by atoms with Gasteiger partial charge >= 0.3 is 0 Å². The second kappa shape index (κ2) is 8.08. The second-order valence-electron chi connectivity index (χ2n) is 6.23. The molecule has 0 unspecified atom stereocenters. The number of hydrogen-bond acceptors (Lipinski definition) is 3. The Morgan fingerprint density at radius 3 is 2.69 bits per heavy atom. The zero-order valence-electron chi connectivity index (χ0n) is 15.2. The van der Waals surface area contributed by atoms with Gasteiger partial charge in [-0.05, 0) is 37.1 Å². The first-order valence-corrected chi connectivity index (χ1v) is 8.99. The van der Waals surface area contributed by atoms with Crippen molar-refractivity contribution < 1.29 is 9.18 Å². The van der Waals surface area contributed by atoms with Crippen LogP contribution in [0, 0.1) is 5.82 Å². The topological polar surface area (TPSA) is 51.0 Å². The number of benzene rings is 1. The van der Waals surface area contributed by atoms with E-state index in [1.165, 1.54) is 12.1 Å². The van der Waals surface area contributed by atoms with E-state index in [0.29, 0.717) is 13.1 Å². The van der Waals surface area contributed by atoms with Crippen molar-refractivity contribution in [2.75, 3.05) is 6.54 Å². The number of imidazole rings is 1. The number of aromatic nitrogens is 3. The zero-order valence-corrected chi connectivity index (χ0v) is 15.2. The van der Waals surface area contributed by atoms with Gasteiger partial charge in [-0.1, -0.05) is 26.0 Å². The Morgan fingerprint density at radius 2 is 1.96 bits per heavy atom. The van der Waals surface area contributed by atoms with Crippen molar-refractivity contribution in [3.63, 3.8) is 0 Å². The highest BCUT2D eigenvalue weighted by Crippen LogP contribution is 2.18. The summed E-state index contributed by atoms with van der Waals surface area (Å²) in [5.41, 5.74) is 1.72. The summed E-state index contributed by atoms with van der Waals surface area (Å²) in [6, 6.07) is 9.87. The first-order valence-electron chi connectivity index (χ1n) is 8.99. The maximum Gasteiger partial charge on any atom is 0.257 e. The number of carbonyl (C=O) groups excluding carboxylic acids is 1. The lowest BCUT2D eigenvalue weighted by atomic mass is 10.2. The van der Waals surface area contributed by atoms with E-state index in [2.05, 4.69) is 16.9 Å². The van der Waals surface area contributed by atoms with Crippen molar-refractivity contribution in [3.8, 4) is 0 Å². The number of carbonyl (C=O) groups is 1. The molecule has 0 spiro atoms. The second-order valence-corrected chi connectivity index (χ2v) is 6.23. The van der Waals surface area contributed by atoms with Gasteiger partial charge in [0.15, 0.2) is 5.65 Å². The maximum atomic E-state index is 14.1. The van der Waals surface area contributed by atoms with Crippen LogP contribution in [-0.4, -0.2) is 31.9 Å². The molecule has 6 heteroatoms. The fraction of sp³-hybridized carbons (Fsp3) is 0.350. The predicted molar refractivity (Wildman–Crippen MR) is 99.3 cm³/mol. The Labute approximate surface area is 152 Å². The molecule has 0 aliphatic rings. The molecule has 136 valence electrons. The number of nitrogens with zero attached hydrogens (tertiary/aromatic N) is 4. The van der Waals surface area contributed by atoms with Crippen LogP contribution < -0.4 is 0 Å². The standard InChI is InChI=1S/C20H23FN4O/c1-3-12-24(20(26)15-8-5-6-9-16(15)21)14-18-23-17-10-7-11-22-19(17)25(18)13-4-2/h5-11H,3-4,12-14H2,1-2H3. The van der Waals surface area contributed by atoms with Gasteiger partial charge in [-0.2, -0.15) is 0 Å². The van der Waals surface area contributed by atoms with Gasteiger partial charge in [-0.3, -0.25) is 4.79 Å². The van der Waals surface area contributed by atoms with Gasteiger partial charge in [0, 0.05) is 19.3 Å². The Morgan fingerprint density at radius 1 is 1.15 bits per heavy atom. The third-order valence-electron chi connectivity index (χ3n) is 4.25. The number of pyridine rings is 1. The lowest BCUT2D eigenvalue weighted by Crippen LogP contribution is -2.33. The molecule has 26 heavy (non-hydrogen) atoms. The Kier molecular flexibility index (Phi) is 5.61. The zero-order chi connectivity index (χ0) is 18.5. The Bertz CT molecular complexity index is 906. The van der Waals surface area contributed by atoms with E-state index in [4.69, 9.17) is 0 Å². The molecular weight excluding hydrogens is 331 g/mol. The predicted octanol–water partition coefficient (Wildman–Crippen LogP) is 4.03. The van der Waals surface area contributed by atoms with Gasteiger partial charge in [0.2, 0.25) is 0 Å². The molecule has 2 heterocycles. The highest BCUT2D eigenvalue weighted by atomic mass is 19.1. The van der Waals surface area contributed by atoms with Gasteiger partial charge in [-0.25, -0.2) is 14.4 Å². The molecule has 3 aromatic rings. The maximum absolute atomic E-state index is 14.1. The summed E-state index contributed by atoms with van der Waals surface area (Å²) in [5.74, 6) is -0.0333. The molecule has 0 N–H and O–H groups in total. The lowest BCUT2D eigenvalue weighted by Gasteiger charge is -2.22. The number of fused-ring (bicyclic) bond motifs is 1. The summed E-state index contributed by atoms with van der Waals surface area (Å²) in [6.45, 7) is 5.73. The number of aryl methyl sites for hydroxylation is 1. The molecule has 1 aromatic carbocycles. The summed E-state index contributed by atoms with van der Waals surface area (Å²) in [6.07, 6.45) is 3.46. The molecule has 0 saturated heterocycles. The molecule has 1 amide bonds. The summed E-state index contributed by atoms with van der Waals surface area (Å²) in [7, 11) is 0. The highest BCUT2D eigenvalue weighted by molar-refractivity contribution is 5.94. The van der Waals surface area contributed by atoms with Crippen molar-refractivity contribution in [3.05, 3.63) is 59.8 Å². The molecule has 0 atom stereocenters.